The van der Waals surface area contributed by atoms with Gasteiger partial charge in [-0.3, -0.25) is 9.59 Å². The van der Waals surface area contributed by atoms with E-state index in [0.29, 0.717) is 16.9 Å². The molecule has 0 fully saturated rings. The molecule has 104 valence electrons. The quantitative estimate of drug-likeness (QED) is 0.620. The van der Waals surface area contributed by atoms with Crippen LogP contribution in [0.25, 0.3) is 0 Å². The van der Waals surface area contributed by atoms with Crippen molar-refractivity contribution in [3.63, 3.8) is 0 Å². The van der Waals surface area contributed by atoms with Crippen molar-refractivity contribution in [3.8, 4) is 5.75 Å². The highest BCUT2D eigenvalue weighted by atomic mass is 16.5. The van der Waals surface area contributed by atoms with Crippen LogP contribution < -0.4 is 4.74 Å². The second-order valence-corrected chi connectivity index (χ2v) is 4.74. The van der Waals surface area contributed by atoms with E-state index in [1.54, 1.807) is 24.3 Å². The van der Waals surface area contributed by atoms with Gasteiger partial charge < -0.3 is 9.30 Å². The van der Waals surface area contributed by atoms with Gasteiger partial charge in [-0.2, -0.15) is 0 Å². The lowest BCUT2D eigenvalue weighted by atomic mass is 10.1. The average molecular weight is 271 g/mol. The molecule has 4 nitrogen and oxygen atoms in total. The van der Waals surface area contributed by atoms with Crippen LogP contribution in [0.15, 0.2) is 30.3 Å². The Morgan fingerprint density at radius 1 is 1.25 bits per heavy atom. The zero-order valence-electron chi connectivity index (χ0n) is 11.8. The molecule has 2 rings (SSSR count). The fourth-order valence-corrected chi connectivity index (χ4v) is 2.01. The first-order valence-electron chi connectivity index (χ1n) is 6.37. The maximum atomic E-state index is 12.1. The molecule has 20 heavy (non-hydrogen) atoms. The standard InChI is InChI=1S/C16H17NO3/c1-11-8-15(12(2)17(11)3)16(19)10-20-14-6-4-13(9-18)5-7-14/h4-9H,10H2,1-3H3. The Bertz CT molecular complexity index is 638. The lowest BCUT2D eigenvalue weighted by Crippen LogP contribution is -2.12. The number of nitrogens with zero attached hydrogens (tertiary/aromatic N) is 1. The molecule has 2 aromatic rings. The first-order valence-corrected chi connectivity index (χ1v) is 6.37. The molecule has 0 saturated carbocycles. The number of aldehydes is 1. The topological polar surface area (TPSA) is 48.3 Å². The molecule has 1 heterocycles. The molecule has 0 atom stereocenters. The van der Waals surface area contributed by atoms with Crippen molar-refractivity contribution in [3.05, 3.63) is 52.8 Å². The zero-order chi connectivity index (χ0) is 14.7. The molecular weight excluding hydrogens is 254 g/mol. The van der Waals surface area contributed by atoms with Gasteiger partial charge in [-0.15, -0.1) is 0 Å². The molecule has 0 aliphatic carbocycles. The van der Waals surface area contributed by atoms with E-state index in [9.17, 15) is 9.59 Å². The van der Waals surface area contributed by atoms with Gasteiger partial charge in [0.25, 0.3) is 0 Å². The minimum atomic E-state index is -0.0503. The number of aromatic nitrogens is 1. The third kappa shape index (κ3) is 2.79. The molecule has 4 heteroatoms. The summed E-state index contributed by atoms with van der Waals surface area (Å²) in [5.74, 6) is 0.528. The Hall–Kier alpha value is -2.36. The van der Waals surface area contributed by atoms with Gasteiger partial charge in [0.2, 0.25) is 5.78 Å². The van der Waals surface area contributed by atoms with Gasteiger partial charge in [-0.1, -0.05) is 0 Å². The first-order chi connectivity index (χ1) is 9.52. The fraction of sp³-hybridized carbons (Fsp3) is 0.250. The highest BCUT2D eigenvalue weighted by Crippen LogP contribution is 2.16. The van der Waals surface area contributed by atoms with Crippen LogP contribution in [0.2, 0.25) is 0 Å². The third-order valence-electron chi connectivity index (χ3n) is 3.46. The van der Waals surface area contributed by atoms with Crippen molar-refractivity contribution >= 4 is 12.1 Å². The van der Waals surface area contributed by atoms with Gasteiger partial charge in [0.05, 0.1) is 0 Å². The van der Waals surface area contributed by atoms with Crippen LogP contribution in [0.5, 0.6) is 5.75 Å². The number of benzene rings is 1. The van der Waals surface area contributed by atoms with Gasteiger partial charge >= 0.3 is 0 Å². The number of hydrogen-bond acceptors (Lipinski definition) is 3. The number of rotatable bonds is 5. The van der Waals surface area contributed by atoms with E-state index in [1.807, 2.05) is 31.5 Å². The smallest absolute Gasteiger partial charge is 0.202 e. The number of carbonyl (C=O) groups excluding carboxylic acids is 2. The van der Waals surface area contributed by atoms with E-state index in [1.165, 1.54) is 0 Å². The van der Waals surface area contributed by atoms with Gasteiger partial charge in [-0.05, 0) is 44.2 Å². The Morgan fingerprint density at radius 3 is 2.40 bits per heavy atom. The molecule has 0 bridgehead atoms. The molecule has 0 saturated heterocycles. The molecule has 0 radical (unpaired) electrons. The molecule has 1 aromatic heterocycles. The number of ketones is 1. The lowest BCUT2D eigenvalue weighted by molar-refractivity contribution is 0.0920. The van der Waals surface area contributed by atoms with Crippen molar-refractivity contribution in [2.75, 3.05) is 6.61 Å². The van der Waals surface area contributed by atoms with E-state index in [0.717, 1.165) is 17.7 Å². The van der Waals surface area contributed by atoms with E-state index >= 15 is 0 Å². The predicted molar refractivity (Wildman–Crippen MR) is 76.5 cm³/mol. The molecule has 0 unspecified atom stereocenters. The monoisotopic (exact) mass is 271 g/mol. The second kappa shape index (κ2) is 5.74. The maximum absolute atomic E-state index is 12.1. The van der Waals surface area contributed by atoms with E-state index in [4.69, 9.17) is 4.74 Å². The summed E-state index contributed by atoms with van der Waals surface area (Å²) in [5.41, 5.74) is 3.25. The second-order valence-electron chi connectivity index (χ2n) is 4.74. The Morgan fingerprint density at radius 2 is 1.90 bits per heavy atom. The number of ether oxygens (including phenoxy) is 1. The van der Waals surface area contributed by atoms with Crippen LogP contribution >= 0.6 is 0 Å². The van der Waals surface area contributed by atoms with Gasteiger partial charge in [0, 0.05) is 29.6 Å². The molecule has 0 aliphatic rings. The lowest BCUT2D eigenvalue weighted by Gasteiger charge is -2.06. The summed E-state index contributed by atoms with van der Waals surface area (Å²) >= 11 is 0. The summed E-state index contributed by atoms with van der Waals surface area (Å²) in [6.45, 7) is 3.87. The van der Waals surface area contributed by atoms with Crippen LogP contribution in [-0.2, 0) is 7.05 Å². The van der Waals surface area contributed by atoms with Crippen LogP contribution in [0.3, 0.4) is 0 Å². The van der Waals surface area contributed by atoms with Crippen LogP contribution in [0.1, 0.15) is 32.1 Å². The van der Waals surface area contributed by atoms with E-state index < -0.39 is 0 Å². The number of hydrogen-bond donors (Lipinski definition) is 0. The van der Waals surface area contributed by atoms with Crippen LogP contribution in [-0.4, -0.2) is 23.2 Å². The Kier molecular flexibility index (Phi) is 4.03. The summed E-state index contributed by atoms with van der Waals surface area (Å²) in [6.07, 6.45) is 0.769. The minimum absolute atomic E-state index is 0.00920. The molecule has 0 N–H and O–H groups in total. The zero-order valence-corrected chi connectivity index (χ0v) is 11.8. The average Bonchev–Trinajstić information content (AvgIpc) is 2.73. The predicted octanol–water partition coefficient (Wildman–Crippen LogP) is 2.72. The van der Waals surface area contributed by atoms with Gasteiger partial charge in [0.1, 0.15) is 12.0 Å². The molecule has 0 amide bonds. The molecular formula is C16H17NO3. The van der Waals surface area contributed by atoms with Crippen molar-refractivity contribution in [1.29, 1.82) is 0 Å². The van der Waals surface area contributed by atoms with Gasteiger partial charge in [0.15, 0.2) is 6.61 Å². The summed E-state index contributed by atoms with van der Waals surface area (Å²) in [4.78, 5) is 22.7. The highest BCUT2D eigenvalue weighted by molar-refractivity contribution is 5.98. The number of carbonyl (C=O) groups is 2. The number of aryl methyl sites for hydroxylation is 1. The van der Waals surface area contributed by atoms with Gasteiger partial charge in [-0.25, -0.2) is 0 Å². The normalized spacial score (nSPS) is 10.3. The van der Waals surface area contributed by atoms with Crippen molar-refractivity contribution < 1.29 is 14.3 Å². The SMILES string of the molecule is Cc1cc(C(=O)COc2ccc(C=O)cc2)c(C)n1C. The van der Waals surface area contributed by atoms with Crippen molar-refractivity contribution in [2.24, 2.45) is 7.05 Å². The fourth-order valence-electron chi connectivity index (χ4n) is 2.01. The third-order valence-corrected chi connectivity index (χ3v) is 3.46. The summed E-state index contributed by atoms with van der Waals surface area (Å²) in [6, 6.07) is 8.55. The van der Waals surface area contributed by atoms with E-state index in [-0.39, 0.29) is 12.4 Å². The molecule has 0 spiro atoms. The Labute approximate surface area is 118 Å². The maximum Gasteiger partial charge on any atom is 0.202 e. The van der Waals surface area contributed by atoms with Crippen LogP contribution in [0, 0.1) is 13.8 Å². The first kappa shape index (κ1) is 14.1. The van der Waals surface area contributed by atoms with Crippen molar-refractivity contribution in [2.45, 2.75) is 13.8 Å². The molecule has 1 aromatic carbocycles. The Balaban J connectivity index is 2.04. The van der Waals surface area contributed by atoms with Crippen molar-refractivity contribution in [1.82, 2.24) is 4.57 Å². The summed E-state index contributed by atoms with van der Waals surface area (Å²) in [7, 11) is 1.93. The molecule has 0 aliphatic heterocycles. The van der Waals surface area contributed by atoms with Crippen LogP contribution in [0.4, 0.5) is 0 Å². The van der Waals surface area contributed by atoms with E-state index in [2.05, 4.69) is 0 Å². The summed E-state index contributed by atoms with van der Waals surface area (Å²) < 4.78 is 7.43. The minimum Gasteiger partial charge on any atom is -0.485 e. The largest absolute Gasteiger partial charge is 0.485 e. The summed E-state index contributed by atoms with van der Waals surface area (Å²) in [5, 5.41) is 0. The number of Topliss-reactive ketones (excluding diaryl/α,β-unsaturated/α-hetero) is 1. The highest BCUT2D eigenvalue weighted by Gasteiger charge is 2.14.